The number of amides is 3. The SMILES string of the molecule is O=C(CSc1nnnn1-c1ccccc1)N1C(=O)C2CCCCN2C(=O)c2ccccc21. The molecule has 1 saturated heterocycles. The van der Waals surface area contributed by atoms with Crippen LogP contribution in [0.15, 0.2) is 59.8 Å². The van der Waals surface area contributed by atoms with Crippen molar-refractivity contribution in [1.29, 1.82) is 0 Å². The van der Waals surface area contributed by atoms with Gasteiger partial charge in [0.25, 0.3) is 11.8 Å². The Morgan fingerprint density at radius 1 is 1.03 bits per heavy atom. The molecule has 0 aliphatic carbocycles. The van der Waals surface area contributed by atoms with Gasteiger partial charge in [-0.3, -0.25) is 14.4 Å². The highest BCUT2D eigenvalue weighted by Gasteiger charge is 2.42. The molecule has 2 aromatic carbocycles. The molecule has 1 fully saturated rings. The lowest BCUT2D eigenvalue weighted by atomic mass is 10.0. The van der Waals surface area contributed by atoms with Gasteiger partial charge in [0.1, 0.15) is 6.04 Å². The summed E-state index contributed by atoms with van der Waals surface area (Å²) in [6.07, 6.45) is 2.25. The predicted molar refractivity (Wildman–Crippen MR) is 117 cm³/mol. The summed E-state index contributed by atoms with van der Waals surface area (Å²) < 4.78 is 1.54. The summed E-state index contributed by atoms with van der Waals surface area (Å²) in [5.74, 6) is -1.00. The van der Waals surface area contributed by atoms with E-state index in [1.807, 2.05) is 30.3 Å². The van der Waals surface area contributed by atoms with Crippen LogP contribution >= 0.6 is 11.8 Å². The fourth-order valence-corrected chi connectivity index (χ4v) is 4.89. The molecular weight excluding hydrogens is 428 g/mol. The third-order valence-electron chi connectivity index (χ3n) is 5.66. The quantitative estimate of drug-likeness (QED) is 0.565. The largest absolute Gasteiger partial charge is 0.327 e. The number of aromatic nitrogens is 4. The molecule has 3 aromatic rings. The van der Waals surface area contributed by atoms with Crippen LogP contribution in [0.4, 0.5) is 5.69 Å². The van der Waals surface area contributed by atoms with E-state index < -0.39 is 11.9 Å². The van der Waals surface area contributed by atoms with Crippen molar-refractivity contribution >= 4 is 35.2 Å². The van der Waals surface area contributed by atoms with Crippen LogP contribution in [0.2, 0.25) is 0 Å². The molecule has 2 aliphatic rings. The Labute approximate surface area is 188 Å². The second-order valence-corrected chi connectivity index (χ2v) is 8.53. The van der Waals surface area contributed by atoms with E-state index in [2.05, 4.69) is 15.5 Å². The van der Waals surface area contributed by atoms with Crippen molar-refractivity contribution in [2.24, 2.45) is 0 Å². The van der Waals surface area contributed by atoms with Crippen LogP contribution in [0, 0.1) is 0 Å². The number of hydrogen-bond acceptors (Lipinski definition) is 7. The lowest BCUT2D eigenvalue weighted by molar-refractivity contribution is -0.128. The van der Waals surface area contributed by atoms with E-state index in [1.54, 1.807) is 33.8 Å². The number of hydrogen-bond donors (Lipinski definition) is 0. The zero-order chi connectivity index (χ0) is 22.1. The number of piperidine rings is 1. The van der Waals surface area contributed by atoms with Gasteiger partial charge in [-0.15, -0.1) is 5.10 Å². The van der Waals surface area contributed by atoms with E-state index in [4.69, 9.17) is 0 Å². The molecule has 0 saturated carbocycles. The summed E-state index contributed by atoms with van der Waals surface area (Å²) in [6, 6.07) is 15.5. The Balaban J connectivity index is 1.43. The van der Waals surface area contributed by atoms with Gasteiger partial charge < -0.3 is 4.90 Å². The number of anilines is 1. The Hall–Kier alpha value is -3.53. The topological polar surface area (TPSA) is 101 Å². The molecule has 0 spiro atoms. The minimum Gasteiger partial charge on any atom is -0.327 e. The van der Waals surface area contributed by atoms with Gasteiger partial charge in [0.05, 0.1) is 22.7 Å². The van der Waals surface area contributed by atoms with E-state index in [0.717, 1.165) is 30.3 Å². The summed E-state index contributed by atoms with van der Waals surface area (Å²) in [5, 5.41) is 12.2. The summed E-state index contributed by atoms with van der Waals surface area (Å²) in [6.45, 7) is 0.520. The molecule has 1 unspecified atom stereocenters. The third kappa shape index (κ3) is 3.56. The minimum absolute atomic E-state index is 0.0474. The lowest BCUT2D eigenvalue weighted by Crippen LogP contribution is -2.52. The van der Waals surface area contributed by atoms with Crippen molar-refractivity contribution in [2.75, 3.05) is 17.2 Å². The fraction of sp³-hybridized carbons (Fsp3) is 0.273. The third-order valence-corrected chi connectivity index (χ3v) is 6.56. The maximum Gasteiger partial charge on any atom is 0.256 e. The highest BCUT2D eigenvalue weighted by atomic mass is 32.2. The molecule has 10 heteroatoms. The summed E-state index contributed by atoms with van der Waals surface area (Å²) in [7, 11) is 0. The number of carbonyl (C=O) groups excluding carboxylic acids is 3. The molecule has 162 valence electrons. The van der Waals surface area contributed by atoms with E-state index in [1.165, 1.54) is 4.90 Å². The molecule has 0 bridgehead atoms. The summed E-state index contributed by atoms with van der Waals surface area (Å²) in [4.78, 5) is 42.7. The maximum atomic E-state index is 13.4. The van der Waals surface area contributed by atoms with Gasteiger partial charge >= 0.3 is 0 Å². The highest BCUT2D eigenvalue weighted by Crippen LogP contribution is 2.32. The first kappa shape index (κ1) is 20.4. The van der Waals surface area contributed by atoms with E-state index in [-0.39, 0.29) is 17.6 Å². The number of nitrogens with zero attached hydrogens (tertiary/aromatic N) is 6. The number of imide groups is 1. The predicted octanol–water partition coefficient (Wildman–Crippen LogP) is 2.32. The minimum atomic E-state index is -0.618. The van der Waals surface area contributed by atoms with Crippen LogP contribution in [-0.4, -0.2) is 61.2 Å². The van der Waals surface area contributed by atoms with Gasteiger partial charge in [0.2, 0.25) is 11.1 Å². The van der Waals surface area contributed by atoms with E-state index in [0.29, 0.717) is 29.4 Å². The fourth-order valence-electron chi connectivity index (χ4n) is 4.15. The van der Waals surface area contributed by atoms with Crippen LogP contribution < -0.4 is 4.90 Å². The smallest absolute Gasteiger partial charge is 0.256 e. The molecule has 5 rings (SSSR count). The Morgan fingerprint density at radius 3 is 2.66 bits per heavy atom. The number of thioether (sulfide) groups is 1. The van der Waals surface area contributed by atoms with Crippen molar-refractivity contribution in [3.63, 3.8) is 0 Å². The first-order chi connectivity index (χ1) is 15.6. The second kappa shape index (κ2) is 8.54. The van der Waals surface area contributed by atoms with Crippen LogP contribution in [0.1, 0.15) is 29.6 Å². The first-order valence-corrected chi connectivity index (χ1v) is 11.4. The highest BCUT2D eigenvalue weighted by molar-refractivity contribution is 7.99. The Kier molecular flexibility index (Phi) is 5.44. The monoisotopic (exact) mass is 448 g/mol. The summed E-state index contributed by atoms with van der Waals surface area (Å²) in [5.41, 5.74) is 1.48. The average Bonchev–Trinajstić information content (AvgIpc) is 3.29. The number of tetrazole rings is 1. The number of para-hydroxylation sites is 2. The summed E-state index contributed by atoms with van der Waals surface area (Å²) >= 11 is 1.15. The van der Waals surface area contributed by atoms with E-state index in [9.17, 15) is 14.4 Å². The van der Waals surface area contributed by atoms with Gasteiger partial charge in [-0.25, -0.2) is 4.90 Å². The average molecular weight is 449 g/mol. The molecule has 0 radical (unpaired) electrons. The Bertz CT molecular complexity index is 1180. The normalized spacial score (nSPS) is 18.2. The molecular formula is C22H20N6O3S. The molecule has 3 heterocycles. The molecule has 0 N–H and O–H groups in total. The second-order valence-electron chi connectivity index (χ2n) is 7.59. The van der Waals surface area contributed by atoms with Crippen LogP contribution in [-0.2, 0) is 9.59 Å². The van der Waals surface area contributed by atoms with Gasteiger partial charge in [-0.2, -0.15) is 4.68 Å². The van der Waals surface area contributed by atoms with Crippen molar-refractivity contribution in [1.82, 2.24) is 25.1 Å². The molecule has 2 aliphatic heterocycles. The van der Waals surface area contributed by atoms with Crippen LogP contribution in [0.3, 0.4) is 0 Å². The number of rotatable bonds is 4. The maximum absolute atomic E-state index is 13.4. The van der Waals surface area contributed by atoms with Crippen molar-refractivity contribution in [3.8, 4) is 5.69 Å². The zero-order valence-electron chi connectivity index (χ0n) is 17.1. The molecule has 1 atom stereocenters. The van der Waals surface area contributed by atoms with Crippen LogP contribution in [0.5, 0.6) is 0 Å². The van der Waals surface area contributed by atoms with Gasteiger partial charge in [-0.1, -0.05) is 42.1 Å². The molecule has 1 aromatic heterocycles. The molecule has 32 heavy (non-hydrogen) atoms. The van der Waals surface area contributed by atoms with Crippen molar-refractivity contribution in [3.05, 3.63) is 60.2 Å². The van der Waals surface area contributed by atoms with Gasteiger partial charge in [0.15, 0.2) is 0 Å². The zero-order valence-corrected chi connectivity index (χ0v) is 17.9. The standard InChI is InChI=1S/C22H20N6O3S/c29-19(14-32-22-23-24-25-28(22)15-8-2-1-3-9-15)27-17-11-5-4-10-16(17)20(30)26-13-7-6-12-18(26)21(27)31/h1-5,8-11,18H,6-7,12-14H2. The number of benzene rings is 2. The number of fused-ring (bicyclic) bond motifs is 2. The van der Waals surface area contributed by atoms with Crippen molar-refractivity contribution in [2.45, 2.75) is 30.5 Å². The Morgan fingerprint density at radius 2 is 1.81 bits per heavy atom. The lowest BCUT2D eigenvalue weighted by Gasteiger charge is -2.33. The van der Waals surface area contributed by atoms with Gasteiger partial charge in [-0.05, 0) is 54.0 Å². The van der Waals surface area contributed by atoms with Crippen LogP contribution in [0.25, 0.3) is 5.69 Å². The van der Waals surface area contributed by atoms with E-state index >= 15 is 0 Å². The molecule has 3 amide bonds. The van der Waals surface area contributed by atoms with Gasteiger partial charge in [0, 0.05) is 6.54 Å². The number of carbonyl (C=O) groups is 3. The molecule has 9 nitrogen and oxygen atoms in total. The first-order valence-electron chi connectivity index (χ1n) is 10.4. The van der Waals surface area contributed by atoms with Crippen molar-refractivity contribution < 1.29 is 14.4 Å².